The number of hydrogen-bond acceptors (Lipinski definition) is 6. The number of aromatic nitrogens is 1. The van der Waals surface area contributed by atoms with Crippen molar-refractivity contribution in [3.8, 4) is 11.1 Å². The minimum Gasteiger partial charge on any atom is -0.370 e. The summed E-state index contributed by atoms with van der Waals surface area (Å²) in [6.07, 6.45) is 1.90. The quantitative estimate of drug-likeness (QED) is 0.311. The molecule has 0 radical (unpaired) electrons. The van der Waals surface area contributed by atoms with Crippen LogP contribution in [0.25, 0.3) is 11.1 Å². The van der Waals surface area contributed by atoms with Crippen molar-refractivity contribution in [3.63, 3.8) is 0 Å². The van der Waals surface area contributed by atoms with Crippen LogP contribution in [-0.4, -0.2) is 46.9 Å². The lowest BCUT2D eigenvalue weighted by atomic mass is 9.93. The van der Waals surface area contributed by atoms with Crippen molar-refractivity contribution in [2.75, 3.05) is 30.3 Å². The van der Waals surface area contributed by atoms with Crippen LogP contribution in [0.2, 0.25) is 0 Å². The first-order valence-electron chi connectivity index (χ1n) is 13.6. The topological polar surface area (TPSA) is 86.4 Å². The molecule has 2 aromatic heterocycles. The number of piperazine rings is 1. The molecular formula is C31H41N5O2S. The number of carbonyl (C=O) groups excluding carboxylic acids is 2. The summed E-state index contributed by atoms with van der Waals surface area (Å²) in [5.74, 6) is 1.14. The second-order valence-electron chi connectivity index (χ2n) is 12.2. The Balaban J connectivity index is 1.66. The number of nitrogens with one attached hydrogen (secondary N) is 3. The largest absolute Gasteiger partial charge is 0.370 e. The minimum absolute atomic E-state index is 0.121. The number of anilines is 3. The summed E-state index contributed by atoms with van der Waals surface area (Å²) in [6.45, 7) is 18.3. The molecule has 8 heteroatoms. The Morgan fingerprint density at radius 1 is 1.18 bits per heavy atom. The maximum absolute atomic E-state index is 13.9. The van der Waals surface area contributed by atoms with Gasteiger partial charge in [-0.2, -0.15) is 0 Å². The standard InChI is InChI=1S/C31H41N5O2S/c1-19(2)17-33-26-12-10-21(18-34-26)23-15-22(11-9-20(23)3)35-27-24(16-25(39-27)30(4,5)6)28(37)36-14-13-32-29(38)31(36,7)8/h9-12,15-16,18-19,35H,13-14,17H2,1-8H3,(H,32,38)(H,33,34). The molecule has 3 aromatic rings. The first-order chi connectivity index (χ1) is 18.3. The van der Waals surface area contributed by atoms with Crippen LogP contribution in [-0.2, 0) is 10.2 Å². The minimum atomic E-state index is -0.920. The van der Waals surface area contributed by atoms with E-state index in [1.165, 1.54) is 0 Å². The van der Waals surface area contributed by atoms with Crippen molar-refractivity contribution in [1.82, 2.24) is 15.2 Å². The Bertz CT molecular complexity index is 1350. The fourth-order valence-electron chi connectivity index (χ4n) is 4.52. The molecule has 2 amide bonds. The molecule has 7 nitrogen and oxygen atoms in total. The van der Waals surface area contributed by atoms with Crippen LogP contribution in [0.15, 0.2) is 42.6 Å². The molecule has 4 rings (SSSR count). The van der Waals surface area contributed by atoms with Crippen LogP contribution in [0.1, 0.15) is 69.3 Å². The van der Waals surface area contributed by atoms with Crippen LogP contribution in [0.4, 0.5) is 16.5 Å². The summed E-state index contributed by atoms with van der Waals surface area (Å²) in [7, 11) is 0. The van der Waals surface area contributed by atoms with E-state index in [1.54, 1.807) is 30.1 Å². The molecule has 3 N–H and O–H groups in total. The predicted octanol–water partition coefficient (Wildman–Crippen LogP) is 6.58. The molecule has 3 heterocycles. The molecule has 0 aliphatic carbocycles. The van der Waals surface area contributed by atoms with E-state index < -0.39 is 5.54 Å². The summed E-state index contributed by atoms with van der Waals surface area (Å²) in [5.41, 5.74) is 3.70. The van der Waals surface area contributed by atoms with Gasteiger partial charge in [0, 0.05) is 42.0 Å². The molecule has 0 unspecified atom stereocenters. The van der Waals surface area contributed by atoms with E-state index in [0.29, 0.717) is 24.6 Å². The number of hydrogen-bond donors (Lipinski definition) is 3. The third-order valence-corrected chi connectivity index (χ3v) is 8.54. The average Bonchev–Trinajstić information content (AvgIpc) is 3.30. The maximum atomic E-state index is 13.9. The third-order valence-electron chi connectivity index (χ3n) is 7.06. The fraction of sp³-hybridized carbons (Fsp3) is 0.452. The summed E-state index contributed by atoms with van der Waals surface area (Å²) in [5, 5.41) is 10.6. The third kappa shape index (κ3) is 6.27. The number of thiophene rings is 1. The SMILES string of the molecule is Cc1ccc(Nc2sc(C(C)(C)C)cc2C(=O)N2CCNC(=O)C2(C)C)cc1-c1ccc(NCC(C)C)nc1. The highest BCUT2D eigenvalue weighted by molar-refractivity contribution is 7.16. The second kappa shape index (κ2) is 11.0. The lowest BCUT2D eigenvalue weighted by molar-refractivity contribution is -0.133. The van der Waals surface area contributed by atoms with E-state index >= 15 is 0 Å². The monoisotopic (exact) mass is 547 g/mol. The van der Waals surface area contributed by atoms with Crippen molar-refractivity contribution in [2.24, 2.45) is 5.92 Å². The smallest absolute Gasteiger partial charge is 0.257 e. The Kier molecular flexibility index (Phi) is 8.07. The van der Waals surface area contributed by atoms with Gasteiger partial charge in [0.2, 0.25) is 5.91 Å². The van der Waals surface area contributed by atoms with Crippen molar-refractivity contribution in [3.05, 3.63) is 58.6 Å². The van der Waals surface area contributed by atoms with Crippen molar-refractivity contribution in [2.45, 2.75) is 66.3 Å². The van der Waals surface area contributed by atoms with Crippen molar-refractivity contribution >= 4 is 39.7 Å². The number of rotatable bonds is 7. The Morgan fingerprint density at radius 3 is 2.56 bits per heavy atom. The predicted molar refractivity (Wildman–Crippen MR) is 162 cm³/mol. The summed E-state index contributed by atoms with van der Waals surface area (Å²) < 4.78 is 0. The van der Waals surface area contributed by atoms with Gasteiger partial charge in [0.1, 0.15) is 16.4 Å². The van der Waals surface area contributed by atoms with E-state index in [9.17, 15) is 9.59 Å². The van der Waals surface area contributed by atoms with Crippen molar-refractivity contribution in [1.29, 1.82) is 0 Å². The first-order valence-corrected chi connectivity index (χ1v) is 14.4. The van der Waals surface area contributed by atoms with Crippen LogP contribution in [0.5, 0.6) is 0 Å². The number of benzene rings is 1. The molecule has 208 valence electrons. The molecule has 1 saturated heterocycles. The molecule has 0 atom stereocenters. The zero-order valence-electron chi connectivity index (χ0n) is 24.4. The Hall–Kier alpha value is -3.39. The number of carbonyl (C=O) groups is 2. The zero-order valence-corrected chi connectivity index (χ0v) is 25.2. The molecule has 1 aliphatic heterocycles. The first kappa shape index (κ1) is 28.6. The summed E-state index contributed by atoms with van der Waals surface area (Å²) >= 11 is 1.59. The van der Waals surface area contributed by atoms with Crippen LogP contribution in [0, 0.1) is 12.8 Å². The highest BCUT2D eigenvalue weighted by Gasteiger charge is 2.41. The van der Waals surface area contributed by atoms with E-state index in [4.69, 9.17) is 0 Å². The van der Waals surface area contributed by atoms with Gasteiger partial charge in [-0.3, -0.25) is 9.59 Å². The van der Waals surface area contributed by atoms with Crippen LogP contribution >= 0.6 is 11.3 Å². The van der Waals surface area contributed by atoms with Gasteiger partial charge in [0.15, 0.2) is 0 Å². The molecule has 1 aliphatic rings. The number of amides is 2. The molecule has 0 saturated carbocycles. The molecular weight excluding hydrogens is 506 g/mol. The molecule has 0 spiro atoms. The van der Waals surface area contributed by atoms with Gasteiger partial charge in [-0.25, -0.2) is 4.98 Å². The Labute approximate surface area is 236 Å². The molecule has 1 aromatic carbocycles. The number of nitrogens with zero attached hydrogens (tertiary/aromatic N) is 2. The van der Waals surface area contributed by atoms with E-state index in [1.807, 2.05) is 24.4 Å². The lowest BCUT2D eigenvalue weighted by Gasteiger charge is -2.41. The second-order valence-corrected chi connectivity index (χ2v) is 13.3. The van der Waals surface area contributed by atoms with E-state index in [0.717, 1.165) is 44.6 Å². The van der Waals surface area contributed by atoms with Crippen LogP contribution < -0.4 is 16.0 Å². The molecule has 1 fully saturated rings. The van der Waals surface area contributed by atoms with E-state index in [2.05, 4.69) is 80.7 Å². The Morgan fingerprint density at radius 2 is 1.92 bits per heavy atom. The van der Waals surface area contributed by atoms with Gasteiger partial charge in [0.25, 0.3) is 5.91 Å². The molecule has 0 bridgehead atoms. The molecule has 39 heavy (non-hydrogen) atoms. The highest BCUT2D eigenvalue weighted by atomic mass is 32.1. The summed E-state index contributed by atoms with van der Waals surface area (Å²) in [4.78, 5) is 33.8. The zero-order chi connectivity index (χ0) is 28.5. The van der Waals surface area contributed by atoms with Crippen molar-refractivity contribution < 1.29 is 9.59 Å². The fourth-order valence-corrected chi connectivity index (χ4v) is 5.65. The highest BCUT2D eigenvalue weighted by Crippen LogP contribution is 2.39. The van der Waals surface area contributed by atoms with Gasteiger partial charge < -0.3 is 20.9 Å². The number of aryl methyl sites for hydroxylation is 1. The van der Waals surface area contributed by atoms with Gasteiger partial charge in [0.05, 0.1) is 5.56 Å². The van der Waals surface area contributed by atoms with Gasteiger partial charge in [-0.05, 0) is 73.6 Å². The normalized spacial score (nSPS) is 15.3. The van der Waals surface area contributed by atoms with Gasteiger partial charge >= 0.3 is 0 Å². The van der Waals surface area contributed by atoms with Gasteiger partial charge in [-0.1, -0.05) is 40.7 Å². The number of pyridine rings is 1. The maximum Gasteiger partial charge on any atom is 0.257 e. The average molecular weight is 548 g/mol. The van der Waals surface area contributed by atoms with E-state index in [-0.39, 0.29) is 17.2 Å². The lowest BCUT2D eigenvalue weighted by Crippen LogP contribution is -2.63. The van der Waals surface area contributed by atoms with Gasteiger partial charge in [-0.15, -0.1) is 11.3 Å². The van der Waals surface area contributed by atoms with Crippen LogP contribution in [0.3, 0.4) is 0 Å². The summed E-state index contributed by atoms with van der Waals surface area (Å²) in [6, 6.07) is 12.3.